The molecule has 1 aliphatic carbocycles. The molecule has 24 heavy (non-hydrogen) atoms. The molecule has 3 atom stereocenters. The number of aliphatic hydroxyl groups is 1. The van der Waals surface area contributed by atoms with Gasteiger partial charge in [0.2, 0.25) is 0 Å². The van der Waals surface area contributed by atoms with Crippen LogP contribution in [0.3, 0.4) is 0 Å². The van der Waals surface area contributed by atoms with Crippen molar-refractivity contribution in [2.75, 3.05) is 20.2 Å². The van der Waals surface area contributed by atoms with Crippen LogP contribution in [0.15, 0.2) is 30.9 Å². The van der Waals surface area contributed by atoms with Gasteiger partial charge in [0.25, 0.3) is 0 Å². The number of nitrogens with zero attached hydrogens (tertiary/aromatic N) is 1. The average molecular weight is 327 g/mol. The molecule has 0 amide bonds. The summed E-state index contributed by atoms with van der Waals surface area (Å²) in [6.45, 7) is 8.82. The molecule has 0 fully saturated rings. The van der Waals surface area contributed by atoms with Crippen LogP contribution in [0.1, 0.15) is 29.5 Å². The number of methoxy groups -OCH3 is 1. The lowest BCUT2D eigenvalue weighted by Crippen LogP contribution is -2.43. The van der Waals surface area contributed by atoms with Gasteiger partial charge in [0.15, 0.2) is 11.5 Å². The van der Waals surface area contributed by atoms with Crippen LogP contribution in [0, 0.1) is 6.92 Å². The highest BCUT2D eigenvalue weighted by molar-refractivity contribution is 5.63. The lowest BCUT2D eigenvalue weighted by molar-refractivity contribution is 0.0816. The zero-order chi connectivity index (χ0) is 16.9. The zero-order valence-corrected chi connectivity index (χ0v) is 14.4. The van der Waals surface area contributed by atoms with E-state index in [9.17, 15) is 5.11 Å². The molecule has 0 aromatic heterocycles. The number of hydrogen-bond acceptors (Lipinski definition) is 4. The highest BCUT2D eigenvalue weighted by atomic mass is 16.5. The molecule has 2 unspecified atom stereocenters. The predicted octanol–water partition coefficient (Wildman–Crippen LogP) is 2.71. The standard InChI is InChI=1S/C20H25NO3/c1-4-8-21-9-7-20-6-5-14(22)11-17(20)24-19-16(23-3)10-13(2)15(12-21)18(19)20/h4-6,10,14,17,22H,1,7-9,11-12H2,2-3H3/t14-,17?,20?/m0/s1. The maximum absolute atomic E-state index is 10.1. The van der Waals surface area contributed by atoms with Crippen molar-refractivity contribution < 1.29 is 14.6 Å². The molecule has 128 valence electrons. The fourth-order valence-electron chi connectivity index (χ4n) is 4.56. The Kier molecular flexibility index (Phi) is 3.70. The van der Waals surface area contributed by atoms with Crippen molar-refractivity contribution in [3.63, 3.8) is 0 Å². The summed E-state index contributed by atoms with van der Waals surface area (Å²) in [5.41, 5.74) is 3.71. The molecule has 0 bridgehead atoms. The van der Waals surface area contributed by atoms with E-state index in [2.05, 4.69) is 30.5 Å². The molecule has 1 N–H and O–H groups in total. The Morgan fingerprint density at radius 1 is 1.54 bits per heavy atom. The van der Waals surface area contributed by atoms with Crippen molar-refractivity contribution in [2.24, 2.45) is 0 Å². The molecule has 2 heterocycles. The number of benzene rings is 1. The van der Waals surface area contributed by atoms with Gasteiger partial charge in [0.05, 0.1) is 18.6 Å². The van der Waals surface area contributed by atoms with Gasteiger partial charge >= 0.3 is 0 Å². The number of hydrogen-bond donors (Lipinski definition) is 1. The van der Waals surface area contributed by atoms with E-state index in [-0.39, 0.29) is 11.5 Å². The molecule has 0 saturated carbocycles. The minimum absolute atomic E-state index is 0.0226. The summed E-state index contributed by atoms with van der Waals surface area (Å²) in [5, 5.41) is 10.1. The molecule has 4 rings (SSSR count). The minimum Gasteiger partial charge on any atom is -0.493 e. The van der Waals surface area contributed by atoms with Crippen LogP contribution in [0.2, 0.25) is 0 Å². The van der Waals surface area contributed by atoms with Gasteiger partial charge in [-0.15, -0.1) is 6.58 Å². The first-order chi connectivity index (χ1) is 11.6. The summed E-state index contributed by atoms with van der Waals surface area (Å²) in [4.78, 5) is 2.44. The third kappa shape index (κ3) is 2.13. The third-order valence-electron chi connectivity index (χ3n) is 5.78. The molecule has 1 aromatic carbocycles. The van der Waals surface area contributed by atoms with E-state index in [0.29, 0.717) is 6.42 Å². The Morgan fingerprint density at radius 3 is 3.12 bits per heavy atom. The van der Waals surface area contributed by atoms with Gasteiger partial charge in [-0.05, 0) is 30.5 Å². The summed E-state index contributed by atoms with van der Waals surface area (Å²) in [6.07, 6.45) is 7.27. The van der Waals surface area contributed by atoms with Crippen LogP contribution in [-0.4, -0.2) is 42.4 Å². The number of aryl methyl sites for hydroxylation is 1. The maximum atomic E-state index is 10.1. The van der Waals surface area contributed by atoms with Crippen LogP contribution in [-0.2, 0) is 12.0 Å². The summed E-state index contributed by atoms with van der Waals surface area (Å²) < 4.78 is 12.0. The van der Waals surface area contributed by atoms with E-state index in [1.165, 1.54) is 16.7 Å². The van der Waals surface area contributed by atoms with Crippen molar-refractivity contribution >= 4 is 0 Å². The van der Waals surface area contributed by atoms with Gasteiger partial charge in [0, 0.05) is 31.6 Å². The van der Waals surface area contributed by atoms with Crippen molar-refractivity contribution in [1.29, 1.82) is 0 Å². The highest BCUT2D eigenvalue weighted by Gasteiger charge is 2.53. The van der Waals surface area contributed by atoms with Crippen molar-refractivity contribution in [3.05, 3.63) is 47.6 Å². The molecule has 4 nitrogen and oxygen atoms in total. The van der Waals surface area contributed by atoms with Crippen LogP contribution < -0.4 is 9.47 Å². The average Bonchev–Trinajstić information content (AvgIpc) is 2.79. The molecular formula is C20H25NO3. The summed E-state index contributed by atoms with van der Waals surface area (Å²) in [6, 6.07) is 2.08. The largest absolute Gasteiger partial charge is 0.493 e. The third-order valence-corrected chi connectivity index (χ3v) is 5.78. The summed E-state index contributed by atoms with van der Waals surface area (Å²) >= 11 is 0. The van der Waals surface area contributed by atoms with Crippen LogP contribution in [0.4, 0.5) is 0 Å². The van der Waals surface area contributed by atoms with Crippen LogP contribution in [0.5, 0.6) is 11.5 Å². The number of ether oxygens (including phenoxy) is 2. The monoisotopic (exact) mass is 327 g/mol. The first kappa shape index (κ1) is 15.7. The van der Waals surface area contributed by atoms with Gasteiger partial charge in [0.1, 0.15) is 6.10 Å². The highest BCUT2D eigenvalue weighted by Crippen LogP contribution is 2.56. The SMILES string of the molecule is C=CCN1CCC23C=C[C@H](O)CC2Oc2c(OC)cc(C)c(c23)C1. The number of rotatable bonds is 3. The van der Waals surface area contributed by atoms with Crippen molar-refractivity contribution in [1.82, 2.24) is 4.90 Å². The van der Waals surface area contributed by atoms with Gasteiger partial charge in [-0.25, -0.2) is 0 Å². The van der Waals surface area contributed by atoms with Gasteiger partial charge in [-0.3, -0.25) is 4.90 Å². The van der Waals surface area contributed by atoms with E-state index in [1.54, 1.807) is 7.11 Å². The summed E-state index contributed by atoms with van der Waals surface area (Å²) in [5.74, 6) is 1.68. The van der Waals surface area contributed by atoms with E-state index in [1.807, 2.05) is 12.2 Å². The fraction of sp³-hybridized carbons (Fsp3) is 0.500. The van der Waals surface area contributed by atoms with Crippen LogP contribution >= 0.6 is 0 Å². The molecule has 2 aliphatic heterocycles. The topological polar surface area (TPSA) is 41.9 Å². The smallest absolute Gasteiger partial charge is 0.166 e. The van der Waals surface area contributed by atoms with E-state index in [4.69, 9.17) is 9.47 Å². The second-order valence-corrected chi connectivity index (χ2v) is 7.16. The minimum atomic E-state index is -0.432. The fourth-order valence-corrected chi connectivity index (χ4v) is 4.56. The Labute approximate surface area is 143 Å². The molecular weight excluding hydrogens is 302 g/mol. The molecule has 1 spiro atoms. The van der Waals surface area contributed by atoms with E-state index >= 15 is 0 Å². The lowest BCUT2D eigenvalue weighted by atomic mass is 9.68. The van der Waals surface area contributed by atoms with Crippen molar-refractivity contribution in [3.8, 4) is 11.5 Å². The van der Waals surface area contributed by atoms with Gasteiger partial charge in [-0.1, -0.05) is 18.2 Å². The predicted molar refractivity (Wildman–Crippen MR) is 93.7 cm³/mol. The molecule has 4 heteroatoms. The number of aliphatic hydroxyl groups excluding tert-OH is 1. The Morgan fingerprint density at radius 2 is 2.38 bits per heavy atom. The van der Waals surface area contributed by atoms with E-state index in [0.717, 1.165) is 37.6 Å². The van der Waals surface area contributed by atoms with Gasteiger partial charge in [-0.2, -0.15) is 0 Å². The van der Waals surface area contributed by atoms with Crippen LogP contribution in [0.25, 0.3) is 0 Å². The van der Waals surface area contributed by atoms with Crippen molar-refractivity contribution in [2.45, 2.75) is 43.9 Å². The quantitative estimate of drug-likeness (QED) is 0.867. The molecule has 0 radical (unpaired) electrons. The summed E-state index contributed by atoms with van der Waals surface area (Å²) in [7, 11) is 1.70. The molecule has 3 aliphatic rings. The lowest BCUT2D eigenvalue weighted by Gasteiger charge is -2.36. The second kappa shape index (κ2) is 5.64. The second-order valence-electron chi connectivity index (χ2n) is 7.16. The van der Waals surface area contributed by atoms with E-state index < -0.39 is 6.10 Å². The zero-order valence-electron chi connectivity index (χ0n) is 14.4. The first-order valence-electron chi connectivity index (χ1n) is 8.67. The molecule has 0 saturated heterocycles. The molecule has 1 aromatic rings. The normalized spacial score (nSPS) is 31.0. The van der Waals surface area contributed by atoms with Gasteiger partial charge < -0.3 is 14.6 Å². The first-order valence-corrected chi connectivity index (χ1v) is 8.67. The Hall–Kier alpha value is -1.78. The Bertz CT molecular complexity index is 711. The Balaban J connectivity index is 1.93. The maximum Gasteiger partial charge on any atom is 0.166 e.